The van der Waals surface area contributed by atoms with Crippen LogP contribution in [0.15, 0.2) is 29.2 Å². The molecule has 0 unspecified atom stereocenters. The maximum atomic E-state index is 13.5. The average molecular weight is 527 g/mol. The van der Waals surface area contributed by atoms with Crippen molar-refractivity contribution in [3.63, 3.8) is 0 Å². The first-order chi connectivity index (χ1) is 16.6. The van der Waals surface area contributed by atoms with E-state index in [1.54, 1.807) is 46.8 Å². The van der Waals surface area contributed by atoms with Crippen LogP contribution in [-0.2, 0) is 33.4 Å². The molecule has 1 fully saturated rings. The highest BCUT2D eigenvalue weighted by molar-refractivity contribution is 7.86. The Morgan fingerprint density at radius 2 is 1.72 bits per heavy atom. The number of carbonyl (C=O) groups excluding carboxylic acids is 3. The largest absolute Gasteiger partial charge is 0.467 e. The van der Waals surface area contributed by atoms with E-state index in [1.807, 2.05) is 6.92 Å². The lowest BCUT2D eigenvalue weighted by Gasteiger charge is -2.34. The van der Waals surface area contributed by atoms with Gasteiger partial charge in [0.2, 0.25) is 5.91 Å². The Balaban J connectivity index is 2.34. The molecular formula is C25H38N2O8S. The minimum atomic E-state index is -4.14. The lowest BCUT2D eigenvalue weighted by molar-refractivity contribution is -0.155. The van der Waals surface area contributed by atoms with E-state index in [1.165, 1.54) is 36.1 Å². The molecule has 10 nitrogen and oxygen atoms in total. The number of amides is 2. The third-order valence-corrected chi connectivity index (χ3v) is 7.33. The molecule has 1 aliphatic heterocycles. The number of likely N-dealkylation sites (N-methyl/N-ethyl adjacent to an activating group) is 1. The van der Waals surface area contributed by atoms with Gasteiger partial charge in [-0.2, -0.15) is 8.42 Å². The van der Waals surface area contributed by atoms with Gasteiger partial charge < -0.3 is 19.3 Å². The van der Waals surface area contributed by atoms with Crippen LogP contribution in [0.4, 0.5) is 4.79 Å². The van der Waals surface area contributed by atoms with Gasteiger partial charge in [-0.3, -0.25) is 8.98 Å². The molecule has 1 heterocycles. The minimum absolute atomic E-state index is 0.0273. The molecule has 0 saturated carbocycles. The van der Waals surface area contributed by atoms with Crippen LogP contribution in [0.5, 0.6) is 0 Å². The Labute approximate surface area is 214 Å². The van der Waals surface area contributed by atoms with E-state index < -0.39 is 58.3 Å². The summed E-state index contributed by atoms with van der Waals surface area (Å²) in [5.41, 5.74) is 0.100. The van der Waals surface area contributed by atoms with E-state index in [2.05, 4.69) is 0 Å². The molecule has 1 aliphatic rings. The third-order valence-electron chi connectivity index (χ3n) is 6.03. The van der Waals surface area contributed by atoms with Crippen molar-refractivity contribution in [1.82, 2.24) is 9.80 Å². The fourth-order valence-corrected chi connectivity index (χ4v) is 5.15. The molecule has 0 bridgehead atoms. The molecule has 202 valence electrons. The quantitative estimate of drug-likeness (QED) is 0.375. The van der Waals surface area contributed by atoms with Gasteiger partial charge in [0.1, 0.15) is 11.6 Å². The summed E-state index contributed by atoms with van der Waals surface area (Å²) in [5, 5.41) is 0. The summed E-state index contributed by atoms with van der Waals surface area (Å²) in [6, 6.07) is 4.42. The van der Waals surface area contributed by atoms with Crippen LogP contribution in [0.3, 0.4) is 0 Å². The summed E-state index contributed by atoms with van der Waals surface area (Å²) >= 11 is 0. The van der Waals surface area contributed by atoms with Crippen LogP contribution in [0.25, 0.3) is 0 Å². The number of hydrogen-bond donors (Lipinski definition) is 0. The monoisotopic (exact) mass is 526 g/mol. The molecule has 0 N–H and O–H groups in total. The van der Waals surface area contributed by atoms with Crippen LogP contribution < -0.4 is 0 Å². The summed E-state index contributed by atoms with van der Waals surface area (Å²) in [6.07, 6.45) is -0.414. The van der Waals surface area contributed by atoms with E-state index >= 15 is 0 Å². The number of rotatable bonds is 8. The number of carbonyl (C=O) groups is 3. The fourth-order valence-electron chi connectivity index (χ4n) is 4.22. The molecule has 0 spiro atoms. The maximum Gasteiger partial charge on any atom is 0.410 e. The van der Waals surface area contributed by atoms with Gasteiger partial charge in [0.05, 0.1) is 30.6 Å². The first kappa shape index (κ1) is 29.6. The van der Waals surface area contributed by atoms with Crippen LogP contribution in [0, 0.1) is 18.8 Å². The summed E-state index contributed by atoms with van der Waals surface area (Å²) in [6.45, 7) is 10.3. The zero-order chi connectivity index (χ0) is 27.4. The number of likely N-dealkylation sites (tertiary alicyclic amines) is 1. The second kappa shape index (κ2) is 11.6. The zero-order valence-electron chi connectivity index (χ0n) is 22.3. The van der Waals surface area contributed by atoms with Crippen LogP contribution in [0.2, 0.25) is 0 Å². The summed E-state index contributed by atoms with van der Waals surface area (Å²) in [4.78, 5) is 41.4. The zero-order valence-corrected chi connectivity index (χ0v) is 23.1. The highest BCUT2D eigenvalue weighted by Crippen LogP contribution is 2.30. The van der Waals surface area contributed by atoms with E-state index in [0.29, 0.717) is 0 Å². The Kier molecular flexibility index (Phi) is 9.52. The van der Waals surface area contributed by atoms with E-state index in [4.69, 9.17) is 13.7 Å². The molecule has 3 atom stereocenters. The van der Waals surface area contributed by atoms with E-state index in [-0.39, 0.29) is 23.8 Å². The summed E-state index contributed by atoms with van der Waals surface area (Å²) in [5.74, 6) is -2.00. The first-order valence-corrected chi connectivity index (χ1v) is 13.3. The summed E-state index contributed by atoms with van der Waals surface area (Å²) < 4.78 is 41.4. The van der Waals surface area contributed by atoms with Crippen LogP contribution in [0.1, 0.15) is 46.6 Å². The molecule has 0 aliphatic carbocycles. The van der Waals surface area contributed by atoms with Crippen molar-refractivity contribution in [2.75, 3.05) is 27.3 Å². The molecule has 1 saturated heterocycles. The number of esters is 1. The van der Waals surface area contributed by atoms with Crippen LogP contribution >= 0.6 is 0 Å². The van der Waals surface area contributed by atoms with Gasteiger partial charge in [-0.05, 0) is 52.2 Å². The van der Waals surface area contributed by atoms with Gasteiger partial charge in [0, 0.05) is 13.6 Å². The summed E-state index contributed by atoms with van der Waals surface area (Å²) in [7, 11) is -1.39. The Morgan fingerprint density at radius 3 is 2.22 bits per heavy atom. The molecule has 1 aromatic rings. The second-order valence-electron chi connectivity index (χ2n) is 10.3. The molecule has 1 aromatic carbocycles. The molecule has 2 amide bonds. The van der Waals surface area contributed by atoms with Crippen molar-refractivity contribution < 1.29 is 36.5 Å². The third kappa shape index (κ3) is 7.19. The molecule has 0 aromatic heterocycles. The Morgan fingerprint density at radius 1 is 1.14 bits per heavy atom. The number of aryl methyl sites for hydroxylation is 1. The molecule has 11 heteroatoms. The van der Waals surface area contributed by atoms with E-state index in [9.17, 15) is 22.8 Å². The van der Waals surface area contributed by atoms with E-state index in [0.717, 1.165) is 5.56 Å². The highest BCUT2D eigenvalue weighted by Gasteiger charge is 2.46. The van der Waals surface area contributed by atoms with Gasteiger partial charge in [-0.15, -0.1) is 0 Å². The number of hydrogen-bond acceptors (Lipinski definition) is 8. The predicted octanol–water partition coefficient (Wildman–Crippen LogP) is 2.98. The maximum absolute atomic E-state index is 13.5. The number of nitrogens with zero attached hydrogens (tertiary/aromatic N) is 2. The molecular weight excluding hydrogens is 488 g/mol. The van der Waals surface area contributed by atoms with Gasteiger partial charge in [-0.1, -0.05) is 31.5 Å². The lowest BCUT2D eigenvalue weighted by Crippen LogP contribution is -2.52. The standard InChI is InChI=1S/C25H38N2O8S/c1-16(2)21(23(29)33-8)26(7)22(28)19-13-14-27(24(30)35-25(4,5)6)20(19)15-34-36(31,32)18-11-9-17(3)10-12-18/h9-12,16,19-21H,13-15H2,1-8H3/t19-,20+,21-/m0/s1. The van der Waals surface area contributed by atoms with Gasteiger partial charge in [-0.25, -0.2) is 9.59 Å². The van der Waals surface area contributed by atoms with Gasteiger partial charge in [0.15, 0.2) is 0 Å². The second-order valence-corrected chi connectivity index (χ2v) is 12.0. The van der Waals surface area contributed by atoms with Crippen molar-refractivity contribution >= 4 is 28.1 Å². The van der Waals surface area contributed by atoms with Gasteiger partial charge in [0.25, 0.3) is 10.1 Å². The topological polar surface area (TPSA) is 120 Å². The van der Waals surface area contributed by atoms with Crippen molar-refractivity contribution in [1.29, 1.82) is 0 Å². The smallest absolute Gasteiger partial charge is 0.410 e. The normalized spacial score (nSPS) is 19.2. The molecule has 2 rings (SSSR count). The SMILES string of the molecule is COC(=O)[C@H](C(C)C)N(C)C(=O)[C@H]1CCN(C(=O)OC(C)(C)C)[C@@H]1COS(=O)(=O)c1ccc(C)cc1. The van der Waals surface area contributed by atoms with Crippen LogP contribution in [-0.4, -0.2) is 81.2 Å². The van der Waals surface area contributed by atoms with Crippen molar-refractivity contribution in [2.24, 2.45) is 11.8 Å². The molecule has 36 heavy (non-hydrogen) atoms. The van der Waals surface area contributed by atoms with Crippen molar-refractivity contribution in [2.45, 2.75) is 70.5 Å². The molecule has 0 radical (unpaired) electrons. The minimum Gasteiger partial charge on any atom is -0.467 e. The van der Waals surface area contributed by atoms with Crippen molar-refractivity contribution in [3.8, 4) is 0 Å². The van der Waals surface area contributed by atoms with Crippen molar-refractivity contribution in [3.05, 3.63) is 29.8 Å². The lowest BCUT2D eigenvalue weighted by atomic mass is 9.96. The Bertz CT molecular complexity index is 1050. The fraction of sp³-hybridized carbons (Fsp3) is 0.640. The predicted molar refractivity (Wildman–Crippen MR) is 133 cm³/mol. The number of ether oxygens (including phenoxy) is 2. The average Bonchev–Trinajstić information content (AvgIpc) is 3.20. The highest BCUT2D eigenvalue weighted by atomic mass is 32.2. The Hall–Kier alpha value is -2.66. The number of methoxy groups -OCH3 is 1. The first-order valence-electron chi connectivity index (χ1n) is 11.9. The number of benzene rings is 1. The van der Waals surface area contributed by atoms with Gasteiger partial charge >= 0.3 is 12.1 Å².